The normalized spacial score (nSPS) is 9.59. The molecule has 0 fully saturated rings. The van der Waals surface area contributed by atoms with Crippen molar-refractivity contribution in [2.24, 2.45) is 0 Å². The van der Waals surface area contributed by atoms with Crippen LogP contribution < -0.4 is 10.5 Å². The van der Waals surface area contributed by atoms with E-state index in [9.17, 15) is 0 Å². The number of benzene rings is 2. The first kappa shape index (κ1) is 11.0. The Bertz CT molecular complexity index is 544. The van der Waals surface area contributed by atoms with Gasteiger partial charge in [0, 0.05) is 11.8 Å². The van der Waals surface area contributed by atoms with E-state index in [1.165, 1.54) is 0 Å². The highest BCUT2D eigenvalue weighted by molar-refractivity contribution is 5.53. The Morgan fingerprint density at radius 2 is 1.88 bits per heavy atom. The summed E-state index contributed by atoms with van der Waals surface area (Å²) in [4.78, 5) is 0. The molecule has 3 nitrogen and oxygen atoms in total. The molecule has 0 saturated carbocycles. The van der Waals surface area contributed by atoms with Crippen LogP contribution in [0.1, 0.15) is 11.1 Å². The summed E-state index contributed by atoms with van der Waals surface area (Å²) in [6.45, 7) is 0.430. The van der Waals surface area contributed by atoms with Crippen molar-refractivity contribution in [3.63, 3.8) is 0 Å². The molecule has 0 aliphatic rings. The van der Waals surface area contributed by atoms with Crippen molar-refractivity contribution in [2.45, 2.75) is 6.61 Å². The minimum Gasteiger partial charge on any atom is -0.487 e. The quantitative estimate of drug-likeness (QED) is 0.815. The summed E-state index contributed by atoms with van der Waals surface area (Å²) in [5, 5.41) is 8.94. The molecule has 0 saturated heterocycles. The van der Waals surface area contributed by atoms with Gasteiger partial charge in [0.1, 0.15) is 18.4 Å². The Kier molecular flexibility index (Phi) is 3.27. The Morgan fingerprint density at radius 3 is 2.59 bits per heavy atom. The predicted octanol–water partition coefficient (Wildman–Crippen LogP) is 2.72. The Morgan fingerprint density at radius 1 is 1.12 bits per heavy atom. The molecule has 2 rings (SSSR count). The van der Waals surface area contributed by atoms with E-state index in [2.05, 4.69) is 6.07 Å². The van der Waals surface area contributed by atoms with E-state index in [-0.39, 0.29) is 0 Å². The van der Waals surface area contributed by atoms with Crippen LogP contribution in [0.5, 0.6) is 5.75 Å². The number of ether oxygens (including phenoxy) is 1. The number of nitriles is 1. The summed E-state index contributed by atoms with van der Waals surface area (Å²) in [6, 6.07) is 16.9. The van der Waals surface area contributed by atoms with Crippen LogP contribution in [0.4, 0.5) is 5.69 Å². The van der Waals surface area contributed by atoms with Crippen LogP contribution in [0.3, 0.4) is 0 Å². The summed E-state index contributed by atoms with van der Waals surface area (Å²) in [7, 11) is 0. The van der Waals surface area contributed by atoms with Crippen molar-refractivity contribution in [3.05, 3.63) is 59.7 Å². The molecule has 3 heteroatoms. The maximum atomic E-state index is 8.94. The molecule has 0 bridgehead atoms. The molecule has 2 aromatic carbocycles. The molecule has 17 heavy (non-hydrogen) atoms. The number of nitrogens with two attached hydrogens (primary N) is 1. The van der Waals surface area contributed by atoms with Gasteiger partial charge in [-0.05, 0) is 17.7 Å². The van der Waals surface area contributed by atoms with Gasteiger partial charge < -0.3 is 10.5 Å². The monoisotopic (exact) mass is 224 g/mol. The first-order valence-corrected chi connectivity index (χ1v) is 5.26. The van der Waals surface area contributed by atoms with Gasteiger partial charge in [-0.25, -0.2) is 0 Å². The number of hydrogen-bond acceptors (Lipinski definition) is 3. The minimum atomic E-state index is 0.430. The van der Waals surface area contributed by atoms with Gasteiger partial charge in [-0.15, -0.1) is 0 Å². The third-order valence-corrected chi connectivity index (χ3v) is 2.36. The SMILES string of the molecule is N#Cc1ccc(N)cc1OCc1ccccc1. The second kappa shape index (κ2) is 5.04. The van der Waals surface area contributed by atoms with Crippen LogP contribution in [0.25, 0.3) is 0 Å². The highest BCUT2D eigenvalue weighted by atomic mass is 16.5. The lowest BCUT2D eigenvalue weighted by Gasteiger charge is -2.08. The molecule has 0 atom stereocenters. The van der Waals surface area contributed by atoms with E-state index in [1.54, 1.807) is 18.2 Å². The van der Waals surface area contributed by atoms with E-state index in [4.69, 9.17) is 15.7 Å². The van der Waals surface area contributed by atoms with E-state index in [0.717, 1.165) is 5.56 Å². The van der Waals surface area contributed by atoms with Crippen molar-refractivity contribution >= 4 is 5.69 Å². The van der Waals surface area contributed by atoms with E-state index < -0.39 is 0 Å². The summed E-state index contributed by atoms with van der Waals surface area (Å²) >= 11 is 0. The largest absolute Gasteiger partial charge is 0.487 e. The number of anilines is 1. The van der Waals surface area contributed by atoms with Gasteiger partial charge in [0.25, 0.3) is 0 Å². The van der Waals surface area contributed by atoms with Crippen molar-refractivity contribution in [3.8, 4) is 11.8 Å². The van der Waals surface area contributed by atoms with Gasteiger partial charge >= 0.3 is 0 Å². The lowest BCUT2D eigenvalue weighted by atomic mass is 10.2. The van der Waals surface area contributed by atoms with Crippen molar-refractivity contribution in [1.29, 1.82) is 5.26 Å². The zero-order valence-electron chi connectivity index (χ0n) is 9.26. The van der Waals surface area contributed by atoms with Crippen LogP contribution in [0.2, 0.25) is 0 Å². The summed E-state index contributed by atoms with van der Waals surface area (Å²) in [6.07, 6.45) is 0. The number of rotatable bonds is 3. The van der Waals surface area contributed by atoms with Crippen LogP contribution in [0, 0.1) is 11.3 Å². The molecule has 0 amide bonds. The van der Waals surface area contributed by atoms with Crippen LogP contribution in [-0.2, 0) is 6.61 Å². The lowest BCUT2D eigenvalue weighted by Crippen LogP contribution is -1.98. The molecule has 0 heterocycles. The van der Waals surface area contributed by atoms with E-state index in [0.29, 0.717) is 23.6 Å². The fraction of sp³-hybridized carbons (Fsp3) is 0.0714. The number of nitrogen functional groups attached to an aromatic ring is 1. The van der Waals surface area contributed by atoms with Gasteiger partial charge in [-0.1, -0.05) is 30.3 Å². The standard InChI is InChI=1S/C14H12N2O/c15-9-12-6-7-13(16)8-14(12)17-10-11-4-2-1-3-5-11/h1-8H,10,16H2. The first-order chi connectivity index (χ1) is 8.29. The zero-order valence-corrected chi connectivity index (χ0v) is 9.26. The molecular formula is C14H12N2O. The Hall–Kier alpha value is -2.47. The molecule has 2 N–H and O–H groups in total. The summed E-state index contributed by atoms with van der Waals surface area (Å²) < 4.78 is 5.59. The van der Waals surface area contributed by atoms with Gasteiger partial charge in [0.15, 0.2) is 0 Å². The van der Waals surface area contributed by atoms with Crippen LogP contribution >= 0.6 is 0 Å². The van der Waals surface area contributed by atoms with Crippen molar-refractivity contribution in [2.75, 3.05) is 5.73 Å². The summed E-state index contributed by atoms with van der Waals surface area (Å²) in [5.41, 5.74) is 7.80. The Balaban J connectivity index is 2.14. The fourth-order valence-electron chi connectivity index (χ4n) is 1.49. The summed E-state index contributed by atoms with van der Waals surface area (Å²) in [5.74, 6) is 0.524. The smallest absolute Gasteiger partial charge is 0.139 e. The highest BCUT2D eigenvalue weighted by Crippen LogP contribution is 2.22. The van der Waals surface area contributed by atoms with Crippen LogP contribution in [0.15, 0.2) is 48.5 Å². The lowest BCUT2D eigenvalue weighted by molar-refractivity contribution is 0.305. The first-order valence-electron chi connectivity index (χ1n) is 5.26. The topological polar surface area (TPSA) is 59.0 Å². The van der Waals surface area contributed by atoms with Gasteiger partial charge in [-0.2, -0.15) is 5.26 Å². The van der Waals surface area contributed by atoms with Gasteiger partial charge in [-0.3, -0.25) is 0 Å². The molecule has 2 aromatic rings. The minimum absolute atomic E-state index is 0.430. The van der Waals surface area contributed by atoms with E-state index >= 15 is 0 Å². The molecule has 0 spiro atoms. The molecule has 0 aromatic heterocycles. The average Bonchev–Trinajstić information content (AvgIpc) is 2.38. The molecule has 0 unspecified atom stereocenters. The highest BCUT2D eigenvalue weighted by Gasteiger charge is 2.03. The molecular weight excluding hydrogens is 212 g/mol. The average molecular weight is 224 g/mol. The number of nitrogens with zero attached hydrogens (tertiary/aromatic N) is 1. The second-order valence-corrected chi connectivity index (χ2v) is 3.64. The molecule has 0 aliphatic heterocycles. The third-order valence-electron chi connectivity index (χ3n) is 2.36. The van der Waals surface area contributed by atoms with Gasteiger partial charge in [0.05, 0.1) is 5.56 Å². The zero-order chi connectivity index (χ0) is 12.1. The maximum absolute atomic E-state index is 8.94. The molecule has 0 aliphatic carbocycles. The second-order valence-electron chi connectivity index (χ2n) is 3.64. The van der Waals surface area contributed by atoms with Gasteiger partial charge in [0.2, 0.25) is 0 Å². The third kappa shape index (κ3) is 2.76. The van der Waals surface area contributed by atoms with Crippen molar-refractivity contribution in [1.82, 2.24) is 0 Å². The van der Waals surface area contributed by atoms with Crippen LogP contribution in [-0.4, -0.2) is 0 Å². The van der Waals surface area contributed by atoms with E-state index in [1.807, 2.05) is 30.3 Å². The molecule has 0 radical (unpaired) electrons. The molecule has 84 valence electrons. The number of hydrogen-bond donors (Lipinski definition) is 1. The maximum Gasteiger partial charge on any atom is 0.139 e. The van der Waals surface area contributed by atoms with Crippen molar-refractivity contribution < 1.29 is 4.74 Å². The fourth-order valence-corrected chi connectivity index (χ4v) is 1.49. The predicted molar refractivity (Wildman–Crippen MR) is 66.3 cm³/mol. The Labute approximate surface area is 100 Å².